The molecule has 0 atom stereocenters. The van der Waals surface area contributed by atoms with Crippen molar-refractivity contribution in [1.82, 2.24) is 4.90 Å². The van der Waals surface area contributed by atoms with Crippen molar-refractivity contribution >= 4 is 23.2 Å². The van der Waals surface area contributed by atoms with Crippen LogP contribution in [0.5, 0.6) is 0 Å². The average molecular weight is 313 g/mol. The summed E-state index contributed by atoms with van der Waals surface area (Å²) in [6, 6.07) is 3.92. The zero-order valence-corrected chi connectivity index (χ0v) is 12.5. The Kier molecular flexibility index (Phi) is 5.14. The van der Waals surface area contributed by atoms with Crippen LogP contribution in [-0.4, -0.2) is 41.5 Å². The minimum atomic E-state index is -0.533. The Morgan fingerprint density at radius 2 is 2.14 bits per heavy atom. The second-order valence-corrected chi connectivity index (χ2v) is 5.28. The maximum atomic E-state index is 12.4. The topological polar surface area (TPSA) is 72.7 Å². The molecule has 1 amide bonds. The van der Waals surface area contributed by atoms with Crippen molar-refractivity contribution < 1.29 is 14.5 Å². The summed E-state index contributed by atoms with van der Waals surface area (Å²) in [4.78, 5) is 24.4. The van der Waals surface area contributed by atoms with Crippen LogP contribution in [-0.2, 0) is 4.74 Å². The molecule has 7 heteroatoms. The highest BCUT2D eigenvalue weighted by molar-refractivity contribution is 6.33. The van der Waals surface area contributed by atoms with E-state index in [9.17, 15) is 14.9 Å². The molecule has 114 valence electrons. The molecule has 0 bridgehead atoms. The summed E-state index contributed by atoms with van der Waals surface area (Å²) >= 11 is 6.00. The Morgan fingerprint density at radius 3 is 2.71 bits per heavy atom. The minimum Gasteiger partial charge on any atom is -0.378 e. The molecule has 1 aromatic rings. The second kappa shape index (κ2) is 6.87. The first-order valence-electron chi connectivity index (χ1n) is 6.87. The molecule has 2 rings (SSSR count). The van der Waals surface area contributed by atoms with Crippen LogP contribution in [0.3, 0.4) is 0 Å². The van der Waals surface area contributed by atoms with E-state index >= 15 is 0 Å². The van der Waals surface area contributed by atoms with Gasteiger partial charge in [0.2, 0.25) is 0 Å². The minimum absolute atomic E-state index is 0.132. The van der Waals surface area contributed by atoms with Crippen LogP contribution < -0.4 is 0 Å². The standard InChI is InChI=1S/C14H17ClN2O4/c1-2-21-11-5-7-16(8-6-11)14(18)12-9-10(17(19)20)3-4-13(12)15/h3-4,9,11H,2,5-8H2,1H3. The van der Waals surface area contributed by atoms with E-state index in [-0.39, 0.29) is 28.3 Å². The number of nitro groups is 1. The molecular formula is C14H17ClN2O4. The first kappa shape index (κ1) is 15.7. The Labute approximate surface area is 127 Å². The lowest BCUT2D eigenvalue weighted by Gasteiger charge is -2.32. The van der Waals surface area contributed by atoms with Crippen molar-refractivity contribution in [3.63, 3.8) is 0 Å². The molecule has 21 heavy (non-hydrogen) atoms. The number of nitrogens with zero attached hydrogens (tertiary/aromatic N) is 2. The van der Waals surface area contributed by atoms with Gasteiger partial charge in [-0.05, 0) is 25.8 Å². The van der Waals surface area contributed by atoms with E-state index in [0.717, 1.165) is 12.8 Å². The van der Waals surface area contributed by atoms with Gasteiger partial charge in [-0.3, -0.25) is 14.9 Å². The second-order valence-electron chi connectivity index (χ2n) is 4.87. The van der Waals surface area contributed by atoms with Gasteiger partial charge >= 0.3 is 0 Å². The smallest absolute Gasteiger partial charge is 0.270 e. The number of likely N-dealkylation sites (tertiary alicyclic amines) is 1. The Balaban J connectivity index is 2.10. The SMILES string of the molecule is CCOC1CCN(C(=O)c2cc([N+](=O)[O-])ccc2Cl)CC1. The summed E-state index contributed by atoms with van der Waals surface area (Å²) in [5.41, 5.74) is 0.0488. The monoisotopic (exact) mass is 312 g/mol. The van der Waals surface area contributed by atoms with E-state index in [1.165, 1.54) is 18.2 Å². The van der Waals surface area contributed by atoms with E-state index < -0.39 is 4.92 Å². The number of carbonyl (C=O) groups is 1. The van der Waals surface area contributed by atoms with Crippen molar-refractivity contribution in [1.29, 1.82) is 0 Å². The quantitative estimate of drug-likeness (QED) is 0.633. The summed E-state index contributed by atoms with van der Waals surface area (Å²) in [5.74, 6) is -0.265. The van der Waals surface area contributed by atoms with E-state index in [2.05, 4.69) is 0 Å². The lowest BCUT2D eigenvalue weighted by Crippen LogP contribution is -2.41. The van der Waals surface area contributed by atoms with Crippen molar-refractivity contribution in [2.75, 3.05) is 19.7 Å². The maximum absolute atomic E-state index is 12.4. The molecule has 1 fully saturated rings. The third kappa shape index (κ3) is 3.71. The summed E-state index contributed by atoms with van der Waals surface area (Å²) in [6.07, 6.45) is 1.72. The van der Waals surface area contributed by atoms with Gasteiger partial charge in [-0.15, -0.1) is 0 Å². The molecule has 1 heterocycles. The maximum Gasteiger partial charge on any atom is 0.270 e. The van der Waals surface area contributed by atoms with Crippen LogP contribution >= 0.6 is 11.6 Å². The molecular weight excluding hydrogens is 296 g/mol. The number of carbonyl (C=O) groups excluding carboxylic acids is 1. The van der Waals surface area contributed by atoms with Gasteiger partial charge in [-0.25, -0.2) is 0 Å². The summed E-state index contributed by atoms with van der Waals surface area (Å²) in [7, 11) is 0. The normalized spacial score (nSPS) is 16.0. The summed E-state index contributed by atoms with van der Waals surface area (Å²) < 4.78 is 5.54. The van der Waals surface area contributed by atoms with Gasteiger partial charge in [-0.1, -0.05) is 11.6 Å². The fraction of sp³-hybridized carbons (Fsp3) is 0.500. The number of amides is 1. The molecule has 1 saturated heterocycles. The van der Waals surface area contributed by atoms with Crippen LogP contribution in [0.15, 0.2) is 18.2 Å². The van der Waals surface area contributed by atoms with E-state index in [4.69, 9.17) is 16.3 Å². The van der Waals surface area contributed by atoms with E-state index in [0.29, 0.717) is 19.7 Å². The Bertz CT molecular complexity index is 542. The predicted molar refractivity (Wildman–Crippen MR) is 78.7 cm³/mol. The molecule has 0 spiro atoms. The van der Waals surface area contributed by atoms with Gasteiger partial charge in [0.1, 0.15) is 0 Å². The highest BCUT2D eigenvalue weighted by Crippen LogP contribution is 2.25. The fourth-order valence-electron chi connectivity index (χ4n) is 2.42. The third-order valence-electron chi connectivity index (χ3n) is 3.52. The van der Waals surface area contributed by atoms with Crippen molar-refractivity contribution in [2.24, 2.45) is 0 Å². The lowest BCUT2D eigenvalue weighted by molar-refractivity contribution is -0.384. The molecule has 0 aromatic heterocycles. The third-order valence-corrected chi connectivity index (χ3v) is 3.85. The van der Waals surface area contributed by atoms with Crippen LogP contribution in [0.25, 0.3) is 0 Å². The van der Waals surface area contributed by atoms with Crippen LogP contribution in [0.4, 0.5) is 5.69 Å². The van der Waals surface area contributed by atoms with E-state index in [1.54, 1.807) is 4.90 Å². The van der Waals surface area contributed by atoms with Crippen molar-refractivity contribution in [2.45, 2.75) is 25.9 Å². The van der Waals surface area contributed by atoms with Gasteiger partial charge in [0.05, 0.1) is 21.6 Å². The molecule has 1 aliphatic heterocycles. The van der Waals surface area contributed by atoms with Gasteiger partial charge in [0, 0.05) is 31.8 Å². The highest BCUT2D eigenvalue weighted by Gasteiger charge is 2.26. The van der Waals surface area contributed by atoms with Crippen LogP contribution in [0.2, 0.25) is 5.02 Å². The van der Waals surface area contributed by atoms with Crippen molar-refractivity contribution in [3.8, 4) is 0 Å². The Morgan fingerprint density at radius 1 is 1.48 bits per heavy atom. The molecule has 0 radical (unpaired) electrons. The van der Waals surface area contributed by atoms with Gasteiger partial charge in [0.15, 0.2) is 0 Å². The molecule has 0 unspecified atom stereocenters. The number of nitro benzene ring substituents is 1. The highest BCUT2D eigenvalue weighted by atomic mass is 35.5. The van der Waals surface area contributed by atoms with Gasteiger partial charge in [-0.2, -0.15) is 0 Å². The summed E-state index contributed by atoms with van der Waals surface area (Å²) in [5, 5.41) is 11.0. The first-order chi connectivity index (χ1) is 10.0. The number of ether oxygens (including phenoxy) is 1. The zero-order chi connectivity index (χ0) is 15.4. The number of halogens is 1. The number of benzene rings is 1. The van der Waals surface area contributed by atoms with Crippen molar-refractivity contribution in [3.05, 3.63) is 38.9 Å². The first-order valence-corrected chi connectivity index (χ1v) is 7.25. The molecule has 0 aliphatic carbocycles. The summed E-state index contributed by atoms with van der Waals surface area (Å²) in [6.45, 7) is 3.75. The average Bonchev–Trinajstić information content (AvgIpc) is 2.48. The van der Waals surface area contributed by atoms with Gasteiger partial charge in [0.25, 0.3) is 11.6 Å². The van der Waals surface area contributed by atoms with Crippen LogP contribution in [0, 0.1) is 10.1 Å². The zero-order valence-electron chi connectivity index (χ0n) is 11.8. The molecule has 1 aromatic carbocycles. The lowest BCUT2D eigenvalue weighted by atomic mass is 10.1. The number of non-ortho nitro benzene ring substituents is 1. The predicted octanol–water partition coefficient (Wildman–Crippen LogP) is 2.89. The number of hydrogen-bond acceptors (Lipinski definition) is 4. The largest absolute Gasteiger partial charge is 0.378 e. The Hall–Kier alpha value is -1.66. The van der Waals surface area contributed by atoms with Gasteiger partial charge < -0.3 is 9.64 Å². The number of hydrogen-bond donors (Lipinski definition) is 0. The van der Waals surface area contributed by atoms with E-state index in [1.807, 2.05) is 6.92 Å². The molecule has 0 saturated carbocycles. The number of rotatable bonds is 4. The molecule has 0 N–H and O–H groups in total. The fourth-order valence-corrected chi connectivity index (χ4v) is 2.62. The van der Waals surface area contributed by atoms with Crippen LogP contribution in [0.1, 0.15) is 30.1 Å². The molecule has 1 aliphatic rings. The molecule has 6 nitrogen and oxygen atoms in total. The number of piperidine rings is 1.